The Morgan fingerprint density at radius 3 is 2.94 bits per heavy atom. The van der Waals surface area contributed by atoms with Gasteiger partial charge in [-0.15, -0.1) is 0 Å². The summed E-state index contributed by atoms with van der Waals surface area (Å²) in [4.78, 5) is 11.9. The Bertz CT molecular complexity index is 375. The van der Waals surface area contributed by atoms with Crippen LogP contribution in [0.4, 0.5) is 0 Å². The van der Waals surface area contributed by atoms with E-state index in [-0.39, 0.29) is 17.7 Å². The van der Waals surface area contributed by atoms with Gasteiger partial charge < -0.3 is 10.4 Å². The summed E-state index contributed by atoms with van der Waals surface area (Å²) >= 11 is 1.87. The maximum atomic E-state index is 11.9. The van der Waals surface area contributed by atoms with Gasteiger partial charge in [-0.05, 0) is 30.7 Å². The van der Waals surface area contributed by atoms with Gasteiger partial charge in [-0.2, -0.15) is 11.8 Å². The van der Waals surface area contributed by atoms with E-state index in [0.29, 0.717) is 5.56 Å². The molecule has 0 bridgehead atoms. The second-order valence-corrected chi connectivity index (χ2v) is 5.05. The van der Waals surface area contributed by atoms with Crippen LogP contribution in [0.1, 0.15) is 23.2 Å². The average molecular weight is 237 g/mol. The monoisotopic (exact) mass is 237 g/mol. The number of rotatable bonds is 2. The molecule has 1 unspecified atom stereocenters. The van der Waals surface area contributed by atoms with Crippen LogP contribution in [-0.4, -0.2) is 28.6 Å². The minimum absolute atomic E-state index is 0.0449. The molecule has 0 aliphatic carbocycles. The van der Waals surface area contributed by atoms with E-state index in [0.717, 1.165) is 18.6 Å². The van der Waals surface area contributed by atoms with E-state index in [4.69, 9.17) is 0 Å². The van der Waals surface area contributed by atoms with Gasteiger partial charge in [0.05, 0.1) is 5.56 Å². The summed E-state index contributed by atoms with van der Waals surface area (Å²) in [6.07, 6.45) is 2.18. The van der Waals surface area contributed by atoms with Crippen molar-refractivity contribution >= 4 is 17.7 Å². The number of phenols is 1. The average Bonchev–Trinajstić information content (AvgIpc) is 2.31. The Morgan fingerprint density at radius 2 is 2.25 bits per heavy atom. The number of para-hydroxylation sites is 1. The molecule has 1 aromatic rings. The SMILES string of the molecule is O=C(NC1CCCSC1)c1ccccc1O. The second-order valence-electron chi connectivity index (χ2n) is 3.90. The predicted molar refractivity (Wildman–Crippen MR) is 65.9 cm³/mol. The predicted octanol–water partition coefficient (Wildman–Crippen LogP) is 2.02. The van der Waals surface area contributed by atoms with Gasteiger partial charge in [0.2, 0.25) is 0 Å². The highest BCUT2D eigenvalue weighted by atomic mass is 32.2. The van der Waals surface area contributed by atoms with E-state index in [2.05, 4.69) is 5.32 Å². The number of thioether (sulfide) groups is 1. The van der Waals surface area contributed by atoms with Crippen LogP contribution in [0.5, 0.6) is 5.75 Å². The van der Waals surface area contributed by atoms with Gasteiger partial charge >= 0.3 is 0 Å². The highest BCUT2D eigenvalue weighted by Gasteiger charge is 2.18. The van der Waals surface area contributed by atoms with Crippen LogP contribution in [0.25, 0.3) is 0 Å². The number of hydrogen-bond donors (Lipinski definition) is 2. The summed E-state index contributed by atoms with van der Waals surface area (Å²) in [6.45, 7) is 0. The standard InChI is InChI=1S/C12H15NO2S/c14-11-6-2-1-5-10(11)12(15)13-9-4-3-7-16-8-9/h1-2,5-6,9,14H,3-4,7-8H2,(H,13,15). The second kappa shape index (κ2) is 5.25. The van der Waals surface area contributed by atoms with Crippen molar-refractivity contribution in [1.29, 1.82) is 0 Å². The van der Waals surface area contributed by atoms with Crippen molar-refractivity contribution in [3.63, 3.8) is 0 Å². The fourth-order valence-electron chi connectivity index (χ4n) is 1.78. The molecule has 1 atom stereocenters. The maximum Gasteiger partial charge on any atom is 0.255 e. The summed E-state index contributed by atoms with van der Waals surface area (Å²) in [5.74, 6) is 2.02. The molecule has 2 N–H and O–H groups in total. The first-order valence-electron chi connectivity index (χ1n) is 5.44. The molecule has 1 heterocycles. The lowest BCUT2D eigenvalue weighted by Crippen LogP contribution is -2.38. The van der Waals surface area contributed by atoms with Crippen molar-refractivity contribution < 1.29 is 9.90 Å². The number of nitrogens with one attached hydrogen (secondary N) is 1. The molecule has 1 aliphatic heterocycles. The number of aromatic hydroxyl groups is 1. The van der Waals surface area contributed by atoms with Crippen LogP contribution in [0.3, 0.4) is 0 Å². The molecule has 3 nitrogen and oxygen atoms in total. The molecular formula is C12H15NO2S. The van der Waals surface area contributed by atoms with Crippen molar-refractivity contribution in [1.82, 2.24) is 5.32 Å². The minimum atomic E-state index is -0.175. The van der Waals surface area contributed by atoms with Crippen molar-refractivity contribution in [2.75, 3.05) is 11.5 Å². The number of carbonyl (C=O) groups excluding carboxylic acids is 1. The minimum Gasteiger partial charge on any atom is -0.507 e. The van der Waals surface area contributed by atoms with Crippen molar-refractivity contribution in [3.05, 3.63) is 29.8 Å². The normalized spacial score (nSPS) is 20.4. The number of amides is 1. The highest BCUT2D eigenvalue weighted by Crippen LogP contribution is 2.19. The third-order valence-electron chi connectivity index (χ3n) is 2.64. The molecule has 1 aliphatic rings. The fraction of sp³-hybridized carbons (Fsp3) is 0.417. The summed E-state index contributed by atoms with van der Waals surface area (Å²) in [5.41, 5.74) is 0.359. The molecule has 0 spiro atoms. The molecule has 1 amide bonds. The molecule has 16 heavy (non-hydrogen) atoms. The van der Waals surface area contributed by atoms with Crippen molar-refractivity contribution in [2.45, 2.75) is 18.9 Å². The summed E-state index contributed by atoms with van der Waals surface area (Å²) in [6, 6.07) is 6.88. The molecule has 4 heteroatoms. The van der Waals surface area contributed by atoms with E-state index >= 15 is 0 Å². The van der Waals surface area contributed by atoms with Crippen LogP contribution in [-0.2, 0) is 0 Å². The lowest BCUT2D eigenvalue weighted by atomic mass is 10.1. The zero-order chi connectivity index (χ0) is 11.4. The van der Waals surface area contributed by atoms with Crippen molar-refractivity contribution in [3.8, 4) is 5.75 Å². The zero-order valence-electron chi connectivity index (χ0n) is 8.98. The van der Waals surface area contributed by atoms with E-state index < -0.39 is 0 Å². The van der Waals surface area contributed by atoms with E-state index in [1.165, 1.54) is 11.8 Å². The first-order valence-corrected chi connectivity index (χ1v) is 6.59. The topological polar surface area (TPSA) is 49.3 Å². The summed E-state index contributed by atoms with van der Waals surface area (Å²) < 4.78 is 0. The summed E-state index contributed by atoms with van der Waals surface area (Å²) in [7, 11) is 0. The first-order chi connectivity index (χ1) is 7.77. The third-order valence-corrected chi connectivity index (χ3v) is 3.86. The van der Waals surface area contributed by atoms with Gasteiger partial charge in [-0.25, -0.2) is 0 Å². The molecule has 0 radical (unpaired) electrons. The van der Waals surface area contributed by atoms with Gasteiger partial charge in [0.25, 0.3) is 5.91 Å². The van der Waals surface area contributed by atoms with Crippen LogP contribution in [0.15, 0.2) is 24.3 Å². The lowest BCUT2D eigenvalue weighted by molar-refractivity contribution is 0.0936. The molecule has 1 saturated heterocycles. The fourth-order valence-corrected chi connectivity index (χ4v) is 2.86. The van der Waals surface area contributed by atoms with E-state index in [1.54, 1.807) is 18.2 Å². The zero-order valence-corrected chi connectivity index (χ0v) is 9.80. The highest BCUT2D eigenvalue weighted by molar-refractivity contribution is 7.99. The molecule has 0 saturated carbocycles. The Balaban J connectivity index is 2.00. The first kappa shape index (κ1) is 11.3. The number of hydrogen-bond acceptors (Lipinski definition) is 3. The number of carbonyl (C=O) groups is 1. The third kappa shape index (κ3) is 2.70. The van der Waals surface area contributed by atoms with Crippen molar-refractivity contribution in [2.24, 2.45) is 0 Å². The van der Waals surface area contributed by atoms with Crippen LogP contribution < -0.4 is 5.32 Å². The quantitative estimate of drug-likeness (QED) is 0.827. The molecule has 2 rings (SSSR count). The lowest BCUT2D eigenvalue weighted by Gasteiger charge is -2.22. The van der Waals surface area contributed by atoms with Gasteiger partial charge in [-0.1, -0.05) is 12.1 Å². The number of benzene rings is 1. The molecular weight excluding hydrogens is 222 g/mol. The van der Waals surface area contributed by atoms with E-state index in [9.17, 15) is 9.90 Å². The maximum absolute atomic E-state index is 11.9. The van der Waals surface area contributed by atoms with Crippen LogP contribution in [0, 0.1) is 0 Å². The smallest absolute Gasteiger partial charge is 0.255 e. The Labute approximate surface area is 99.2 Å². The van der Waals surface area contributed by atoms with Crippen LogP contribution in [0.2, 0.25) is 0 Å². The van der Waals surface area contributed by atoms with Gasteiger partial charge in [0, 0.05) is 11.8 Å². The van der Waals surface area contributed by atoms with Gasteiger partial charge in [0.15, 0.2) is 0 Å². The molecule has 86 valence electrons. The summed E-state index contributed by atoms with van der Waals surface area (Å²) in [5, 5.41) is 12.5. The Kier molecular flexibility index (Phi) is 3.72. The Morgan fingerprint density at radius 1 is 1.44 bits per heavy atom. The van der Waals surface area contributed by atoms with Gasteiger partial charge in [-0.3, -0.25) is 4.79 Å². The largest absolute Gasteiger partial charge is 0.507 e. The number of phenolic OH excluding ortho intramolecular Hbond substituents is 1. The Hall–Kier alpha value is -1.16. The molecule has 0 aromatic heterocycles. The molecule has 1 aromatic carbocycles. The van der Waals surface area contributed by atoms with Crippen LogP contribution >= 0.6 is 11.8 Å². The van der Waals surface area contributed by atoms with Gasteiger partial charge in [0.1, 0.15) is 5.75 Å². The van der Waals surface area contributed by atoms with E-state index in [1.807, 2.05) is 11.8 Å². The molecule has 1 fully saturated rings.